The molecule has 3 rings (SSSR count). The molecule has 9 heteroatoms. The van der Waals surface area contributed by atoms with Gasteiger partial charge in [-0.2, -0.15) is 8.78 Å². The number of rotatable bonds is 6. The number of nitrogens with two attached hydrogens (primary N) is 1. The summed E-state index contributed by atoms with van der Waals surface area (Å²) in [5.74, 6) is 0.485. The number of ether oxygens (including phenoxy) is 4. The molecular weight excluding hydrogens is 338 g/mol. The largest absolute Gasteiger partial charge is 0.454 e. The van der Waals surface area contributed by atoms with Crippen LogP contribution in [0.15, 0.2) is 12.1 Å². The number of fused-ring (bicyclic) bond motifs is 1. The Bertz CT molecular complexity index is 643. The Balaban J connectivity index is 1.73. The van der Waals surface area contributed by atoms with Crippen molar-refractivity contribution in [2.45, 2.75) is 38.2 Å². The summed E-state index contributed by atoms with van der Waals surface area (Å²) in [6.45, 7) is -2.53. The van der Waals surface area contributed by atoms with Crippen molar-refractivity contribution >= 4 is 5.91 Å². The number of benzene rings is 1. The Morgan fingerprint density at radius 1 is 1.36 bits per heavy atom. The molecule has 1 saturated heterocycles. The zero-order valence-electron chi connectivity index (χ0n) is 13.7. The fraction of sp³-hybridized carbons (Fsp3) is 0.562. The fourth-order valence-corrected chi connectivity index (χ4v) is 2.93. The van der Waals surface area contributed by atoms with Crippen LogP contribution in [0.5, 0.6) is 17.2 Å². The van der Waals surface area contributed by atoms with E-state index < -0.39 is 12.7 Å². The van der Waals surface area contributed by atoms with E-state index in [2.05, 4.69) is 4.74 Å². The highest BCUT2D eigenvalue weighted by Crippen LogP contribution is 2.39. The number of halogens is 2. The lowest BCUT2D eigenvalue weighted by atomic mass is 10.1. The molecule has 0 aliphatic carbocycles. The Morgan fingerprint density at radius 2 is 2.08 bits per heavy atom. The normalized spacial score (nSPS) is 21.6. The monoisotopic (exact) mass is 358 g/mol. The molecule has 1 aromatic carbocycles. The molecule has 0 spiro atoms. The van der Waals surface area contributed by atoms with Gasteiger partial charge in [0.2, 0.25) is 6.79 Å². The SMILES string of the molecule is CN(Cc1cc2c(cc1OC(F)F)OCO2)C(=O)[C@@H]1CC[C@H](CN)O1. The molecule has 1 fully saturated rings. The van der Waals surface area contributed by atoms with Gasteiger partial charge in [0.25, 0.3) is 5.91 Å². The van der Waals surface area contributed by atoms with Gasteiger partial charge < -0.3 is 29.6 Å². The standard InChI is InChI=1S/C16H20F2N2O5/c1-20(15(21)11-3-2-10(6-19)24-11)7-9-4-13-14(23-8-22-13)5-12(9)25-16(17)18/h4-5,10-11,16H,2-3,6-8,19H2,1H3/t10-,11+/m1/s1. The predicted octanol–water partition coefficient (Wildman–Crippen LogP) is 1.48. The molecule has 0 bridgehead atoms. The van der Waals surface area contributed by atoms with Gasteiger partial charge in [-0.05, 0) is 18.9 Å². The van der Waals surface area contributed by atoms with E-state index in [-0.39, 0.29) is 31.1 Å². The predicted molar refractivity (Wildman–Crippen MR) is 82.6 cm³/mol. The van der Waals surface area contributed by atoms with Crippen molar-refractivity contribution in [3.63, 3.8) is 0 Å². The summed E-state index contributed by atoms with van der Waals surface area (Å²) in [4.78, 5) is 13.9. The lowest BCUT2D eigenvalue weighted by Gasteiger charge is -2.22. The molecular formula is C16H20F2N2O5. The molecule has 25 heavy (non-hydrogen) atoms. The molecule has 1 amide bonds. The van der Waals surface area contributed by atoms with Gasteiger partial charge >= 0.3 is 6.61 Å². The quantitative estimate of drug-likeness (QED) is 0.829. The Morgan fingerprint density at radius 3 is 2.72 bits per heavy atom. The van der Waals surface area contributed by atoms with E-state index in [4.69, 9.17) is 19.9 Å². The number of carbonyl (C=O) groups is 1. The Hall–Kier alpha value is -2.13. The van der Waals surface area contributed by atoms with Gasteiger partial charge in [-0.3, -0.25) is 4.79 Å². The molecule has 2 N–H and O–H groups in total. The summed E-state index contributed by atoms with van der Waals surface area (Å²) >= 11 is 0. The van der Waals surface area contributed by atoms with Crippen LogP contribution in [0.4, 0.5) is 8.78 Å². The first-order chi connectivity index (χ1) is 12.0. The zero-order chi connectivity index (χ0) is 18.0. The second-order valence-electron chi connectivity index (χ2n) is 5.95. The first-order valence-corrected chi connectivity index (χ1v) is 7.95. The van der Waals surface area contributed by atoms with Crippen molar-refractivity contribution in [1.29, 1.82) is 0 Å². The third-order valence-electron chi connectivity index (χ3n) is 4.20. The number of hydrogen-bond acceptors (Lipinski definition) is 6. The molecule has 2 heterocycles. The van der Waals surface area contributed by atoms with Gasteiger partial charge in [0.15, 0.2) is 11.5 Å². The molecule has 1 aromatic rings. The first-order valence-electron chi connectivity index (χ1n) is 7.95. The minimum atomic E-state index is -2.98. The first kappa shape index (κ1) is 17.7. The topological polar surface area (TPSA) is 83.2 Å². The van der Waals surface area contributed by atoms with Crippen molar-refractivity contribution < 1.29 is 32.5 Å². The second-order valence-corrected chi connectivity index (χ2v) is 5.95. The van der Waals surface area contributed by atoms with Crippen LogP contribution in [0.3, 0.4) is 0 Å². The van der Waals surface area contributed by atoms with Crippen LogP contribution in [-0.2, 0) is 16.1 Å². The molecule has 7 nitrogen and oxygen atoms in total. The molecule has 2 aliphatic rings. The van der Waals surface area contributed by atoms with Crippen LogP contribution in [0, 0.1) is 0 Å². The summed E-state index contributed by atoms with van der Waals surface area (Å²) in [7, 11) is 1.58. The van der Waals surface area contributed by atoms with Crippen LogP contribution >= 0.6 is 0 Å². The van der Waals surface area contributed by atoms with Gasteiger partial charge in [0.1, 0.15) is 11.9 Å². The van der Waals surface area contributed by atoms with E-state index in [1.807, 2.05) is 0 Å². The van der Waals surface area contributed by atoms with Crippen molar-refractivity contribution in [2.24, 2.45) is 5.73 Å². The van der Waals surface area contributed by atoms with E-state index >= 15 is 0 Å². The molecule has 0 radical (unpaired) electrons. The Kier molecular flexibility index (Phi) is 5.24. The van der Waals surface area contributed by atoms with Gasteiger partial charge in [0.05, 0.1) is 6.10 Å². The van der Waals surface area contributed by atoms with Crippen molar-refractivity contribution in [1.82, 2.24) is 4.90 Å². The second kappa shape index (κ2) is 7.40. The lowest BCUT2D eigenvalue weighted by molar-refractivity contribution is -0.141. The average Bonchev–Trinajstić information content (AvgIpc) is 3.22. The lowest BCUT2D eigenvalue weighted by Crippen LogP contribution is -2.36. The third kappa shape index (κ3) is 3.93. The van der Waals surface area contributed by atoms with E-state index in [1.54, 1.807) is 13.1 Å². The Labute approximate surface area is 143 Å². The van der Waals surface area contributed by atoms with Gasteiger partial charge in [0, 0.05) is 31.8 Å². The number of carbonyl (C=O) groups excluding carboxylic acids is 1. The summed E-state index contributed by atoms with van der Waals surface area (Å²) < 4.78 is 45.9. The van der Waals surface area contributed by atoms with E-state index in [0.717, 1.165) is 6.42 Å². The van der Waals surface area contributed by atoms with Crippen LogP contribution in [0.1, 0.15) is 18.4 Å². The van der Waals surface area contributed by atoms with Crippen LogP contribution in [0.2, 0.25) is 0 Å². The maximum absolute atomic E-state index is 12.7. The number of likely N-dealkylation sites (N-methyl/N-ethyl adjacent to an activating group) is 1. The summed E-state index contributed by atoms with van der Waals surface area (Å²) in [5.41, 5.74) is 5.95. The number of hydrogen-bond donors (Lipinski definition) is 1. The van der Waals surface area contributed by atoms with Crippen molar-refractivity contribution in [2.75, 3.05) is 20.4 Å². The number of alkyl halides is 2. The number of nitrogens with zero attached hydrogens (tertiary/aromatic N) is 1. The van der Waals surface area contributed by atoms with Crippen molar-refractivity contribution in [3.8, 4) is 17.2 Å². The third-order valence-corrected chi connectivity index (χ3v) is 4.20. The minimum absolute atomic E-state index is 0.0120. The van der Waals surface area contributed by atoms with Crippen LogP contribution in [0.25, 0.3) is 0 Å². The van der Waals surface area contributed by atoms with E-state index in [9.17, 15) is 13.6 Å². The molecule has 0 saturated carbocycles. The maximum Gasteiger partial charge on any atom is 0.387 e. The zero-order valence-corrected chi connectivity index (χ0v) is 13.7. The molecule has 138 valence electrons. The smallest absolute Gasteiger partial charge is 0.387 e. The maximum atomic E-state index is 12.7. The minimum Gasteiger partial charge on any atom is -0.454 e. The van der Waals surface area contributed by atoms with Gasteiger partial charge in [-0.15, -0.1) is 0 Å². The van der Waals surface area contributed by atoms with Crippen molar-refractivity contribution in [3.05, 3.63) is 17.7 Å². The summed E-state index contributed by atoms with van der Waals surface area (Å²) in [6.07, 6.45) is 0.634. The average molecular weight is 358 g/mol. The van der Waals surface area contributed by atoms with Crippen LogP contribution < -0.4 is 19.9 Å². The van der Waals surface area contributed by atoms with E-state index in [0.29, 0.717) is 30.0 Å². The highest BCUT2D eigenvalue weighted by atomic mass is 19.3. The molecule has 2 aliphatic heterocycles. The van der Waals surface area contributed by atoms with Gasteiger partial charge in [-0.25, -0.2) is 0 Å². The fourth-order valence-electron chi connectivity index (χ4n) is 2.93. The number of amides is 1. The molecule has 2 atom stereocenters. The highest BCUT2D eigenvalue weighted by Gasteiger charge is 2.32. The molecule has 0 unspecified atom stereocenters. The summed E-state index contributed by atoms with van der Waals surface area (Å²) in [6, 6.07) is 2.89. The van der Waals surface area contributed by atoms with Gasteiger partial charge in [-0.1, -0.05) is 0 Å². The molecule has 0 aromatic heterocycles. The van der Waals surface area contributed by atoms with E-state index in [1.165, 1.54) is 11.0 Å². The summed E-state index contributed by atoms with van der Waals surface area (Å²) in [5, 5.41) is 0. The highest BCUT2D eigenvalue weighted by molar-refractivity contribution is 5.81. The van der Waals surface area contributed by atoms with Crippen LogP contribution in [-0.4, -0.2) is 50.0 Å².